The molecule has 0 saturated heterocycles. The molecule has 0 saturated carbocycles. The van der Waals surface area contributed by atoms with E-state index >= 15 is 0 Å². The van der Waals surface area contributed by atoms with Gasteiger partial charge in [-0.05, 0) is 15.9 Å². The van der Waals surface area contributed by atoms with Gasteiger partial charge in [-0.25, -0.2) is 4.39 Å². The molecule has 0 amide bonds. The molecule has 0 aromatic carbocycles. The zero-order valence-electron chi connectivity index (χ0n) is 6.17. The molecule has 68 valence electrons. The number of hydrogen-bond donors (Lipinski definition) is 0. The Balaban J connectivity index is 2.87. The van der Waals surface area contributed by atoms with E-state index in [1.807, 2.05) is 10.2 Å². The van der Waals surface area contributed by atoms with E-state index in [4.69, 9.17) is 0 Å². The van der Waals surface area contributed by atoms with Gasteiger partial charge in [-0.3, -0.25) is 8.96 Å². The van der Waals surface area contributed by atoms with E-state index in [0.717, 1.165) is 9.99 Å². The molecule has 2 nitrogen and oxygen atoms in total. The minimum atomic E-state index is -0.298. The van der Waals surface area contributed by atoms with E-state index < -0.39 is 0 Å². The van der Waals surface area contributed by atoms with Crippen LogP contribution in [0.4, 0.5) is 4.39 Å². The Labute approximate surface area is 98.8 Å². The third kappa shape index (κ3) is 1.59. The van der Waals surface area contributed by atoms with Gasteiger partial charge in [0.1, 0.15) is 0 Å². The van der Waals surface area contributed by atoms with Gasteiger partial charge in [-0.1, -0.05) is 0 Å². The molecule has 0 bridgehead atoms. The first-order chi connectivity index (χ1) is 6.24. The highest BCUT2D eigenvalue weighted by Crippen LogP contribution is 2.32. The fraction of sp³-hybridized carbons (Fsp3) is 0. The average Bonchev–Trinajstić information content (AvgIpc) is 2.44. The van der Waals surface area contributed by atoms with E-state index in [2.05, 4.69) is 42.1 Å². The second kappa shape index (κ2) is 3.74. The van der Waals surface area contributed by atoms with Gasteiger partial charge in [-0.2, -0.15) is 0 Å². The highest BCUT2D eigenvalue weighted by molar-refractivity contribution is 14.2. The minimum Gasteiger partial charge on any atom is -0.280 e. The molecule has 0 aliphatic rings. The van der Waals surface area contributed by atoms with E-state index in [1.54, 1.807) is 6.20 Å². The van der Waals surface area contributed by atoms with Gasteiger partial charge in [0.05, 0.1) is 23.3 Å². The summed E-state index contributed by atoms with van der Waals surface area (Å²) in [6.45, 7) is 0. The van der Waals surface area contributed by atoms with Crippen LogP contribution in [0.25, 0.3) is 10.9 Å². The highest BCUT2D eigenvalue weighted by Gasteiger charge is 2.10. The van der Waals surface area contributed by atoms with Gasteiger partial charge in [0.2, 0.25) is 0 Å². The van der Waals surface area contributed by atoms with E-state index in [9.17, 15) is 4.39 Å². The topological polar surface area (TPSA) is 17.8 Å². The van der Waals surface area contributed by atoms with Crippen LogP contribution in [0.1, 0.15) is 0 Å². The summed E-state index contributed by atoms with van der Waals surface area (Å²) in [5.41, 5.74) is 0.784. The quantitative estimate of drug-likeness (QED) is 0.709. The van der Waals surface area contributed by atoms with E-state index in [-0.39, 0.29) is 5.82 Å². The molecule has 2 rings (SSSR count). The van der Waals surface area contributed by atoms with E-state index in [1.165, 1.54) is 15.3 Å². The third-order valence-electron chi connectivity index (χ3n) is 1.66. The molecule has 0 fully saturated rings. The standard InChI is InChI=1S/C7H3BrFIN2S/c8-4-3-12(13-10)6-2-11-1-5(9)7(4)6/h1-3H. The Morgan fingerprint density at radius 1 is 1.54 bits per heavy atom. The Morgan fingerprint density at radius 2 is 2.31 bits per heavy atom. The first kappa shape index (κ1) is 9.72. The number of nitrogens with zero attached hydrogens (tertiary/aromatic N) is 2. The van der Waals surface area contributed by atoms with Crippen LogP contribution in [0.3, 0.4) is 0 Å². The van der Waals surface area contributed by atoms with Crippen LogP contribution in [-0.2, 0) is 0 Å². The molecule has 0 spiro atoms. The molecule has 0 atom stereocenters. The predicted molar refractivity (Wildman–Crippen MR) is 64.4 cm³/mol. The Morgan fingerprint density at radius 3 is 3.00 bits per heavy atom. The summed E-state index contributed by atoms with van der Waals surface area (Å²) in [6, 6.07) is 0. The van der Waals surface area contributed by atoms with Gasteiger partial charge >= 0.3 is 0 Å². The molecule has 0 aliphatic carbocycles. The highest BCUT2D eigenvalue weighted by atomic mass is 127. The van der Waals surface area contributed by atoms with Crippen LogP contribution < -0.4 is 0 Å². The van der Waals surface area contributed by atoms with Crippen molar-refractivity contribution in [2.24, 2.45) is 0 Å². The monoisotopic (exact) mass is 372 g/mol. The van der Waals surface area contributed by atoms with Gasteiger partial charge in [0, 0.05) is 41.0 Å². The van der Waals surface area contributed by atoms with Crippen molar-refractivity contribution in [3.63, 3.8) is 0 Å². The van der Waals surface area contributed by atoms with Crippen LogP contribution in [0, 0.1) is 5.82 Å². The number of fused-ring (bicyclic) bond motifs is 1. The fourth-order valence-corrected chi connectivity index (χ4v) is 3.19. The van der Waals surface area contributed by atoms with Gasteiger partial charge < -0.3 is 0 Å². The first-order valence-electron chi connectivity index (χ1n) is 3.33. The molecule has 13 heavy (non-hydrogen) atoms. The van der Waals surface area contributed by atoms with Crippen LogP contribution in [0.5, 0.6) is 0 Å². The number of rotatable bonds is 1. The summed E-state index contributed by atoms with van der Waals surface area (Å²) in [7, 11) is 1.48. The molecular weight excluding hydrogens is 370 g/mol. The van der Waals surface area contributed by atoms with Crippen molar-refractivity contribution in [2.45, 2.75) is 0 Å². The summed E-state index contributed by atoms with van der Waals surface area (Å²) in [5.74, 6) is -0.298. The molecule has 0 N–H and O–H groups in total. The number of halogens is 3. The lowest BCUT2D eigenvalue weighted by molar-refractivity contribution is 0.633. The Kier molecular flexibility index (Phi) is 2.80. The summed E-state index contributed by atoms with van der Waals surface area (Å²) in [6.07, 6.45) is 4.69. The van der Waals surface area contributed by atoms with Crippen molar-refractivity contribution in [3.05, 3.63) is 28.9 Å². The van der Waals surface area contributed by atoms with Crippen molar-refractivity contribution in [3.8, 4) is 0 Å². The van der Waals surface area contributed by atoms with Crippen LogP contribution in [0.15, 0.2) is 23.1 Å². The smallest absolute Gasteiger partial charge is 0.152 e. The van der Waals surface area contributed by atoms with Gasteiger partial charge in [0.25, 0.3) is 0 Å². The molecular formula is C7H3BrFIN2S. The van der Waals surface area contributed by atoms with Gasteiger partial charge in [0.15, 0.2) is 5.82 Å². The molecule has 0 aliphatic heterocycles. The maximum Gasteiger partial charge on any atom is 0.152 e. The zero-order chi connectivity index (χ0) is 9.42. The van der Waals surface area contributed by atoms with Crippen LogP contribution in [0.2, 0.25) is 0 Å². The normalized spacial score (nSPS) is 11.0. The molecule has 2 aromatic heterocycles. The van der Waals surface area contributed by atoms with Gasteiger partial charge in [-0.15, -0.1) is 0 Å². The van der Waals surface area contributed by atoms with Crippen molar-refractivity contribution in [1.29, 1.82) is 0 Å². The third-order valence-corrected chi connectivity index (χ3v) is 3.99. The number of hydrogen-bond acceptors (Lipinski definition) is 2. The van der Waals surface area contributed by atoms with Crippen molar-refractivity contribution >= 4 is 57.2 Å². The van der Waals surface area contributed by atoms with E-state index in [0.29, 0.717) is 5.39 Å². The zero-order valence-corrected chi connectivity index (χ0v) is 10.7. The Hall–Kier alpha value is 0.180. The Bertz CT molecular complexity index is 459. The maximum atomic E-state index is 13.3. The second-order valence-corrected chi connectivity index (χ2v) is 4.95. The van der Waals surface area contributed by atoms with Crippen molar-refractivity contribution in [1.82, 2.24) is 8.96 Å². The first-order valence-corrected chi connectivity index (χ1v) is 7.44. The summed E-state index contributed by atoms with van der Waals surface area (Å²) in [5, 5.41) is 0.583. The average molecular weight is 373 g/mol. The lowest BCUT2D eigenvalue weighted by Gasteiger charge is -1.96. The lowest BCUT2D eigenvalue weighted by atomic mass is 10.3. The molecule has 0 radical (unpaired) electrons. The van der Waals surface area contributed by atoms with Crippen LogP contribution >= 0.6 is 46.3 Å². The maximum absolute atomic E-state index is 13.3. The van der Waals surface area contributed by atoms with Crippen LogP contribution in [-0.4, -0.2) is 8.96 Å². The molecule has 0 unspecified atom stereocenters. The number of pyridine rings is 1. The van der Waals surface area contributed by atoms with Crippen molar-refractivity contribution in [2.75, 3.05) is 0 Å². The molecule has 2 aromatic rings. The largest absolute Gasteiger partial charge is 0.280 e. The molecule has 6 heteroatoms. The lowest BCUT2D eigenvalue weighted by Crippen LogP contribution is -1.83. The predicted octanol–water partition coefficient (Wildman–Crippen LogP) is 3.78. The number of aromatic nitrogens is 2. The van der Waals surface area contributed by atoms with Crippen molar-refractivity contribution < 1.29 is 4.39 Å². The summed E-state index contributed by atoms with van der Waals surface area (Å²) in [4.78, 5) is 3.80. The SMILES string of the molecule is Fc1cncc2c1c(Br)cn2SI. The summed E-state index contributed by atoms with van der Waals surface area (Å²) >= 11 is 5.44. The minimum absolute atomic E-state index is 0.298. The molecule has 2 heterocycles. The summed E-state index contributed by atoms with van der Waals surface area (Å²) < 4.78 is 15.9. The fourth-order valence-electron chi connectivity index (χ4n) is 1.12. The second-order valence-electron chi connectivity index (χ2n) is 2.39.